The second-order valence-electron chi connectivity index (χ2n) is 5.11. The Kier molecular flexibility index (Phi) is 4.62. The van der Waals surface area contributed by atoms with E-state index < -0.39 is 5.79 Å². The Morgan fingerprint density at radius 2 is 1.90 bits per heavy atom. The van der Waals surface area contributed by atoms with Crippen LogP contribution in [-0.2, 0) is 9.47 Å². The number of nitrogens with one attached hydrogen (secondary N) is 1. The van der Waals surface area contributed by atoms with Gasteiger partial charge in [-0.05, 0) is 24.6 Å². The number of carbonyl (C=O) groups is 1. The third-order valence-electron chi connectivity index (χ3n) is 3.83. The molecule has 1 aliphatic rings. The number of methoxy groups -OCH3 is 2. The minimum absolute atomic E-state index is 0.0728. The quantitative estimate of drug-likeness (QED) is 0.865. The normalized spacial score (nSPS) is 17.9. The van der Waals surface area contributed by atoms with Gasteiger partial charge in [0.2, 0.25) is 0 Å². The zero-order valence-electron chi connectivity index (χ0n) is 12.3. The summed E-state index contributed by atoms with van der Waals surface area (Å²) >= 11 is 0. The number of urea groups is 1. The summed E-state index contributed by atoms with van der Waals surface area (Å²) in [5, 5.41) is 2.92. The van der Waals surface area contributed by atoms with Gasteiger partial charge in [-0.2, -0.15) is 0 Å². The molecule has 0 saturated carbocycles. The zero-order valence-corrected chi connectivity index (χ0v) is 12.3. The molecule has 5 heteroatoms. The van der Waals surface area contributed by atoms with E-state index >= 15 is 0 Å². The van der Waals surface area contributed by atoms with Crippen LogP contribution in [0.15, 0.2) is 24.3 Å². The summed E-state index contributed by atoms with van der Waals surface area (Å²) < 4.78 is 10.8. The molecule has 1 aromatic carbocycles. The Morgan fingerprint density at radius 1 is 1.25 bits per heavy atom. The predicted molar refractivity (Wildman–Crippen MR) is 77.8 cm³/mol. The van der Waals surface area contributed by atoms with Crippen molar-refractivity contribution in [2.75, 3.05) is 32.6 Å². The number of aryl methyl sites for hydroxylation is 1. The van der Waals surface area contributed by atoms with Gasteiger partial charge < -0.3 is 19.7 Å². The largest absolute Gasteiger partial charge is 0.353 e. The Labute approximate surface area is 119 Å². The van der Waals surface area contributed by atoms with E-state index in [-0.39, 0.29) is 6.03 Å². The van der Waals surface area contributed by atoms with Gasteiger partial charge in [-0.25, -0.2) is 4.79 Å². The van der Waals surface area contributed by atoms with Crippen molar-refractivity contribution in [3.05, 3.63) is 29.8 Å². The smallest absolute Gasteiger partial charge is 0.321 e. The van der Waals surface area contributed by atoms with Crippen molar-refractivity contribution in [3.63, 3.8) is 0 Å². The topological polar surface area (TPSA) is 50.8 Å². The molecule has 110 valence electrons. The number of hydrogen-bond donors (Lipinski definition) is 1. The fraction of sp³-hybridized carbons (Fsp3) is 0.533. The van der Waals surface area contributed by atoms with Gasteiger partial charge in [-0.1, -0.05) is 12.1 Å². The lowest BCUT2D eigenvalue weighted by molar-refractivity contribution is -0.226. The van der Waals surface area contributed by atoms with Gasteiger partial charge in [0.15, 0.2) is 5.79 Å². The maximum absolute atomic E-state index is 12.2. The average molecular weight is 278 g/mol. The summed E-state index contributed by atoms with van der Waals surface area (Å²) in [7, 11) is 3.29. The van der Waals surface area contributed by atoms with E-state index in [2.05, 4.69) is 5.32 Å². The van der Waals surface area contributed by atoms with Crippen LogP contribution in [0.5, 0.6) is 0 Å². The van der Waals surface area contributed by atoms with Gasteiger partial charge in [0.05, 0.1) is 0 Å². The second-order valence-corrected chi connectivity index (χ2v) is 5.11. The molecule has 1 heterocycles. The van der Waals surface area contributed by atoms with Gasteiger partial charge in [0, 0.05) is 45.8 Å². The first kappa shape index (κ1) is 14.8. The average Bonchev–Trinajstić information content (AvgIpc) is 2.47. The van der Waals surface area contributed by atoms with E-state index in [4.69, 9.17) is 9.47 Å². The van der Waals surface area contributed by atoms with Crippen molar-refractivity contribution < 1.29 is 14.3 Å². The minimum atomic E-state index is -0.542. The van der Waals surface area contributed by atoms with Crippen molar-refractivity contribution >= 4 is 11.7 Å². The van der Waals surface area contributed by atoms with Gasteiger partial charge in [0.25, 0.3) is 0 Å². The van der Waals surface area contributed by atoms with Crippen LogP contribution in [0.3, 0.4) is 0 Å². The lowest BCUT2D eigenvalue weighted by atomic mass is 10.0. The number of anilines is 1. The first-order chi connectivity index (χ1) is 9.58. The summed E-state index contributed by atoms with van der Waals surface area (Å²) in [6.07, 6.45) is 1.36. The van der Waals surface area contributed by atoms with Gasteiger partial charge >= 0.3 is 6.03 Å². The lowest BCUT2D eigenvalue weighted by Gasteiger charge is -2.39. The number of likely N-dealkylation sites (tertiary alicyclic amines) is 1. The highest BCUT2D eigenvalue weighted by Gasteiger charge is 2.35. The van der Waals surface area contributed by atoms with Crippen LogP contribution in [0.2, 0.25) is 0 Å². The fourth-order valence-corrected chi connectivity index (χ4v) is 2.47. The summed E-state index contributed by atoms with van der Waals surface area (Å²) in [5.74, 6) is -0.542. The van der Waals surface area contributed by atoms with Crippen LogP contribution in [-0.4, -0.2) is 44.0 Å². The first-order valence-corrected chi connectivity index (χ1v) is 6.81. The molecule has 0 aromatic heterocycles. The number of amides is 2. The van der Waals surface area contributed by atoms with Gasteiger partial charge in [-0.15, -0.1) is 0 Å². The molecule has 1 N–H and O–H groups in total. The molecule has 5 nitrogen and oxygen atoms in total. The molecule has 20 heavy (non-hydrogen) atoms. The molecule has 0 aliphatic carbocycles. The van der Waals surface area contributed by atoms with Crippen molar-refractivity contribution in [1.82, 2.24) is 4.90 Å². The standard InChI is InChI=1S/C15H22N2O3/c1-12-5-4-6-13(11-12)16-14(18)17-9-7-15(19-2,20-3)8-10-17/h4-6,11H,7-10H2,1-3H3,(H,16,18). The Balaban J connectivity index is 1.92. The number of nitrogens with zero attached hydrogens (tertiary/aromatic N) is 1. The Morgan fingerprint density at radius 3 is 2.45 bits per heavy atom. The minimum Gasteiger partial charge on any atom is -0.353 e. The molecule has 0 spiro atoms. The molecule has 2 amide bonds. The Hall–Kier alpha value is -1.59. The summed E-state index contributed by atoms with van der Waals surface area (Å²) in [6, 6.07) is 7.71. The van der Waals surface area contributed by atoms with E-state index in [1.54, 1.807) is 19.1 Å². The van der Waals surface area contributed by atoms with Crippen molar-refractivity contribution in [3.8, 4) is 0 Å². The number of ether oxygens (including phenoxy) is 2. The number of carbonyl (C=O) groups excluding carboxylic acids is 1. The fourth-order valence-electron chi connectivity index (χ4n) is 2.47. The Bertz CT molecular complexity index is 462. The van der Waals surface area contributed by atoms with Crippen LogP contribution in [0, 0.1) is 6.92 Å². The SMILES string of the molecule is COC1(OC)CCN(C(=O)Nc2cccc(C)c2)CC1. The number of benzene rings is 1. The summed E-state index contributed by atoms with van der Waals surface area (Å²) in [4.78, 5) is 14.0. The van der Waals surface area contributed by atoms with Crippen LogP contribution in [0.25, 0.3) is 0 Å². The number of rotatable bonds is 3. The molecule has 1 fully saturated rings. The predicted octanol–water partition coefficient (Wildman–Crippen LogP) is 2.61. The molecule has 1 saturated heterocycles. The van der Waals surface area contributed by atoms with E-state index in [0.29, 0.717) is 25.9 Å². The lowest BCUT2D eigenvalue weighted by Crippen LogP contribution is -2.49. The van der Waals surface area contributed by atoms with Crippen LogP contribution in [0.1, 0.15) is 18.4 Å². The highest BCUT2D eigenvalue weighted by Crippen LogP contribution is 2.26. The molecule has 0 radical (unpaired) electrons. The number of hydrogen-bond acceptors (Lipinski definition) is 3. The molecule has 0 bridgehead atoms. The third-order valence-corrected chi connectivity index (χ3v) is 3.83. The molecular formula is C15H22N2O3. The van der Waals surface area contributed by atoms with Crippen LogP contribution < -0.4 is 5.32 Å². The molecule has 2 rings (SSSR count). The highest BCUT2D eigenvalue weighted by atomic mass is 16.7. The molecule has 1 aromatic rings. The summed E-state index contributed by atoms with van der Waals surface area (Å²) in [6.45, 7) is 3.25. The van der Waals surface area contributed by atoms with Crippen molar-refractivity contribution in [2.45, 2.75) is 25.6 Å². The van der Waals surface area contributed by atoms with Gasteiger partial charge in [-0.3, -0.25) is 0 Å². The molecule has 0 atom stereocenters. The molecule has 0 unspecified atom stereocenters. The van der Waals surface area contributed by atoms with E-state index in [1.807, 2.05) is 31.2 Å². The monoisotopic (exact) mass is 278 g/mol. The van der Waals surface area contributed by atoms with Crippen LogP contribution >= 0.6 is 0 Å². The van der Waals surface area contributed by atoms with Gasteiger partial charge in [0.1, 0.15) is 0 Å². The van der Waals surface area contributed by atoms with Crippen molar-refractivity contribution in [2.24, 2.45) is 0 Å². The second kappa shape index (κ2) is 6.24. The zero-order chi connectivity index (χ0) is 14.6. The van der Waals surface area contributed by atoms with Crippen LogP contribution in [0.4, 0.5) is 10.5 Å². The highest BCUT2D eigenvalue weighted by molar-refractivity contribution is 5.89. The van der Waals surface area contributed by atoms with E-state index in [0.717, 1.165) is 11.3 Å². The molecule has 1 aliphatic heterocycles. The third kappa shape index (κ3) is 3.29. The maximum Gasteiger partial charge on any atom is 0.321 e. The van der Waals surface area contributed by atoms with Crippen molar-refractivity contribution in [1.29, 1.82) is 0 Å². The number of piperidine rings is 1. The molecular weight excluding hydrogens is 256 g/mol. The first-order valence-electron chi connectivity index (χ1n) is 6.81. The van der Waals surface area contributed by atoms with E-state index in [9.17, 15) is 4.79 Å². The van der Waals surface area contributed by atoms with E-state index in [1.165, 1.54) is 0 Å². The summed E-state index contributed by atoms with van der Waals surface area (Å²) in [5.41, 5.74) is 1.95. The maximum atomic E-state index is 12.2.